The summed E-state index contributed by atoms with van der Waals surface area (Å²) in [6, 6.07) is 3.83. The molecule has 0 aromatic carbocycles. The van der Waals surface area contributed by atoms with E-state index < -0.39 is 0 Å². The van der Waals surface area contributed by atoms with E-state index in [1.807, 2.05) is 19.1 Å². The van der Waals surface area contributed by atoms with Crippen LogP contribution in [0, 0.1) is 5.41 Å². The topological polar surface area (TPSA) is 45.2 Å². The third-order valence-electron chi connectivity index (χ3n) is 3.77. The lowest BCUT2D eigenvalue weighted by molar-refractivity contribution is 0.0953. The number of aromatic nitrogens is 1. The summed E-state index contributed by atoms with van der Waals surface area (Å²) in [6.07, 6.45) is 5.09. The number of carbonyl (C=O) groups is 1. The van der Waals surface area contributed by atoms with Gasteiger partial charge in [0.25, 0.3) is 5.91 Å². The number of nitrogens with zero attached hydrogens (tertiary/aromatic N) is 2. The van der Waals surface area contributed by atoms with E-state index in [-0.39, 0.29) is 5.91 Å². The predicted molar refractivity (Wildman–Crippen MR) is 82.1 cm³/mol. The fourth-order valence-electron chi connectivity index (χ4n) is 2.67. The molecule has 1 aliphatic rings. The second-order valence-electron chi connectivity index (χ2n) is 6.35. The summed E-state index contributed by atoms with van der Waals surface area (Å²) in [5.41, 5.74) is 0.982. The molecule has 20 heavy (non-hydrogen) atoms. The summed E-state index contributed by atoms with van der Waals surface area (Å²) in [6.45, 7) is 9.43. The zero-order valence-corrected chi connectivity index (χ0v) is 12.8. The number of hydrogen-bond acceptors (Lipinski definition) is 3. The van der Waals surface area contributed by atoms with Crippen LogP contribution < -0.4 is 10.2 Å². The standard InChI is InChI=1S/C16H25N3O/c1-4-9-17-15(20)13-6-7-14(18-11-13)19-10-5-8-16(2,3)12-19/h6-7,11H,4-5,8-10,12H2,1-3H3,(H,17,20). The number of hydrogen-bond donors (Lipinski definition) is 1. The molecule has 1 fully saturated rings. The van der Waals surface area contributed by atoms with Gasteiger partial charge in [-0.15, -0.1) is 0 Å². The van der Waals surface area contributed by atoms with Crippen molar-refractivity contribution < 1.29 is 4.79 Å². The van der Waals surface area contributed by atoms with Crippen molar-refractivity contribution in [2.45, 2.75) is 40.0 Å². The van der Waals surface area contributed by atoms with Crippen molar-refractivity contribution in [3.63, 3.8) is 0 Å². The van der Waals surface area contributed by atoms with Gasteiger partial charge in [0.05, 0.1) is 5.56 Å². The van der Waals surface area contributed by atoms with Crippen LogP contribution in [0.1, 0.15) is 50.4 Å². The highest BCUT2D eigenvalue weighted by atomic mass is 16.1. The highest BCUT2D eigenvalue weighted by Gasteiger charge is 2.26. The minimum atomic E-state index is -0.0372. The highest BCUT2D eigenvalue weighted by Crippen LogP contribution is 2.30. The lowest BCUT2D eigenvalue weighted by Crippen LogP contribution is -2.40. The van der Waals surface area contributed by atoms with Crippen molar-refractivity contribution in [2.24, 2.45) is 5.41 Å². The van der Waals surface area contributed by atoms with E-state index in [0.29, 0.717) is 17.5 Å². The van der Waals surface area contributed by atoms with Gasteiger partial charge in [0.2, 0.25) is 0 Å². The van der Waals surface area contributed by atoms with E-state index in [2.05, 4.69) is 29.0 Å². The van der Waals surface area contributed by atoms with Gasteiger partial charge in [0.15, 0.2) is 0 Å². The molecule has 0 aliphatic carbocycles. The first kappa shape index (κ1) is 14.8. The van der Waals surface area contributed by atoms with E-state index in [0.717, 1.165) is 25.3 Å². The van der Waals surface area contributed by atoms with Gasteiger partial charge in [-0.3, -0.25) is 4.79 Å². The molecule has 110 valence electrons. The van der Waals surface area contributed by atoms with Crippen LogP contribution in [0.4, 0.5) is 5.82 Å². The molecule has 4 nitrogen and oxygen atoms in total. The summed E-state index contributed by atoms with van der Waals surface area (Å²) in [5, 5.41) is 2.87. The largest absolute Gasteiger partial charge is 0.356 e. The first-order chi connectivity index (χ1) is 9.52. The monoisotopic (exact) mass is 275 g/mol. The zero-order valence-electron chi connectivity index (χ0n) is 12.8. The molecule has 1 N–H and O–H groups in total. The molecule has 2 rings (SSSR count). The second-order valence-corrected chi connectivity index (χ2v) is 6.35. The molecule has 0 spiro atoms. The number of amides is 1. The third-order valence-corrected chi connectivity index (χ3v) is 3.77. The van der Waals surface area contributed by atoms with Crippen molar-refractivity contribution in [3.8, 4) is 0 Å². The summed E-state index contributed by atoms with van der Waals surface area (Å²) in [5.74, 6) is 0.940. The quantitative estimate of drug-likeness (QED) is 0.919. The van der Waals surface area contributed by atoms with Crippen molar-refractivity contribution >= 4 is 11.7 Å². The van der Waals surface area contributed by atoms with Crippen molar-refractivity contribution in [1.29, 1.82) is 0 Å². The van der Waals surface area contributed by atoms with Crippen LogP contribution in [0.5, 0.6) is 0 Å². The molecule has 4 heteroatoms. The molecule has 0 saturated carbocycles. The molecule has 1 saturated heterocycles. The molecular formula is C16H25N3O. The first-order valence-electron chi connectivity index (χ1n) is 7.51. The van der Waals surface area contributed by atoms with E-state index in [1.165, 1.54) is 12.8 Å². The summed E-state index contributed by atoms with van der Waals surface area (Å²) in [4.78, 5) is 18.6. The van der Waals surface area contributed by atoms with Gasteiger partial charge in [-0.25, -0.2) is 4.98 Å². The molecule has 0 radical (unpaired) electrons. The predicted octanol–water partition coefficient (Wildman–Crippen LogP) is 2.85. The Hall–Kier alpha value is -1.58. The highest BCUT2D eigenvalue weighted by molar-refractivity contribution is 5.94. The number of nitrogens with one attached hydrogen (secondary N) is 1. The average Bonchev–Trinajstić information content (AvgIpc) is 2.44. The summed E-state index contributed by atoms with van der Waals surface area (Å²) >= 11 is 0. The molecular weight excluding hydrogens is 250 g/mol. The maximum Gasteiger partial charge on any atom is 0.252 e. The minimum Gasteiger partial charge on any atom is -0.356 e. The Morgan fingerprint density at radius 1 is 1.45 bits per heavy atom. The molecule has 1 aromatic heterocycles. The lowest BCUT2D eigenvalue weighted by Gasteiger charge is -2.38. The van der Waals surface area contributed by atoms with Gasteiger partial charge in [-0.05, 0) is 36.8 Å². The number of rotatable bonds is 4. The number of carbonyl (C=O) groups excluding carboxylic acids is 1. The van der Waals surface area contributed by atoms with Crippen molar-refractivity contribution in [3.05, 3.63) is 23.9 Å². The van der Waals surface area contributed by atoms with Crippen molar-refractivity contribution in [2.75, 3.05) is 24.5 Å². The molecule has 0 unspecified atom stereocenters. The maximum atomic E-state index is 11.8. The maximum absolute atomic E-state index is 11.8. The van der Waals surface area contributed by atoms with Gasteiger partial charge in [-0.2, -0.15) is 0 Å². The average molecular weight is 275 g/mol. The number of piperidine rings is 1. The SMILES string of the molecule is CCCNC(=O)c1ccc(N2CCCC(C)(C)C2)nc1. The van der Waals surface area contributed by atoms with Crippen LogP contribution in [0.15, 0.2) is 18.3 Å². The summed E-state index contributed by atoms with van der Waals surface area (Å²) in [7, 11) is 0. The van der Waals surface area contributed by atoms with Crippen LogP contribution in [0.2, 0.25) is 0 Å². The Balaban J connectivity index is 2.02. The minimum absolute atomic E-state index is 0.0372. The number of pyridine rings is 1. The molecule has 1 aromatic rings. The first-order valence-corrected chi connectivity index (χ1v) is 7.51. The normalized spacial score (nSPS) is 17.9. The fourth-order valence-corrected chi connectivity index (χ4v) is 2.67. The Bertz CT molecular complexity index is 453. The second kappa shape index (κ2) is 6.25. The zero-order chi connectivity index (χ0) is 14.6. The Labute approximate surface area is 121 Å². The van der Waals surface area contributed by atoms with Crippen LogP contribution in [0.3, 0.4) is 0 Å². The van der Waals surface area contributed by atoms with E-state index in [4.69, 9.17) is 0 Å². The summed E-state index contributed by atoms with van der Waals surface area (Å²) < 4.78 is 0. The molecule has 1 amide bonds. The van der Waals surface area contributed by atoms with Crippen LogP contribution in [0.25, 0.3) is 0 Å². The molecule has 0 atom stereocenters. The fraction of sp³-hybridized carbons (Fsp3) is 0.625. The van der Waals surface area contributed by atoms with Gasteiger partial charge in [0, 0.05) is 25.8 Å². The number of anilines is 1. The van der Waals surface area contributed by atoms with E-state index >= 15 is 0 Å². The smallest absolute Gasteiger partial charge is 0.252 e. The van der Waals surface area contributed by atoms with E-state index in [9.17, 15) is 4.79 Å². The van der Waals surface area contributed by atoms with E-state index in [1.54, 1.807) is 6.20 Å². The van der Waals surface area contributed by atoms with Gasteiger partial charge < -0.3 is 10.2 Å². The Morgan fingerprint density at radius 2 is 2.25 bits per heavy atom. The van der Waals surface area contributed by atoms with Gasteiger partial charge in [-0.1, -0.05) is 20.8 Å². The lowest BCUT2D eigenvalue weighted by atomic mass is 9.84. The Morgan fingerprint density at radius 3 is 2.85 bits per heavy atom. The van der Waals surface area contributed by atoms with Crippen LogP contribution in [-0.2, 0) is 0 Å². The van der Waals surface area contributed by atoms with Gasteiger partial charge in [0.1, 0.15) is 5.82 Å². The third kappa shape index (κ3) is 3.71. The van der Waals surface area contributed by atoms with Gasteiger partial charge >= 0.3 is 0 Å². The molecule has 0 bridgehead atoms. The van der Waals surface area contributed by atoms with Crippen molar-refractivity contribution in [1.82, 2.24) is 10.3 Å². The van der Waals surface area contributed by atoms with Crippen LogP contribution >= 0.6 is 0 Å². The van der Waals surface area contributed by atoms with Crippen LogP contribution in [-0.4, -0.2) is 30.5 Å². The molecule has 2 heterocycles. The Kier molecular flexibility index (Phi) is 4.63. The molecule has 1 aliphatic heterocycles.